The molecular formula is C11H15BrFN3O. The third-order valence-corrected chi connectivity index (χ3v) is 2.52. The summed E-state index contributed by atoms with van der Waals surface area (Å²) in [5, 5.41) is 1.02. The lowest BCUT2D eigenvalue weighted by Crippen LogP contribution is -2.48. The van der Waals surface area contributed by atoms with Crippen molar-refractivity contribution in [1.82, 2.24) is 5.43 Å². The lowest BCUT2D eigenvalue weighted by atomic mass is 10.2. The Balaban J connectivity index is 2.93. The number of carbonyl (C=O) groups is 1. The molecule has 0 spiro atoms. The maximum Gasteiger partial charge on any atom is 0.333 e. The van der Waals surface area contributed by atoms with E-state index >= 15 is 0 Å². The van der Waals surface area contributed by atoms with Crippen LogP contribution in [0.25, 0.3) is 0 Å². The van der Waals surface area contributed by atoms with Crippen molar-refractivity contribution in [2.24, 2.45) is 11.7 Å². The summed E-state index contributed by atoms with van der Waals surface area (Å²) in [7, 11) is 0. The molecule has 0 unspecified atom stereocenters. The molecule has 0 fully saturated rings. The van der Waals surface area contributed by atoms with E-state index in [4.69, 9.17) is 5.73 Å². The van der Waals surface area contributed by atoms with Crippen LogP contribution in [0.3, 0.4) is 0 Å². The fourth-order valence-electron chi connectivity index (χ4n) is 1.22. The molecule has 0 heterocycles. The highest BCUT2D eigenvalue weighted by molar-refractivity contribution is 9.10. The average Bonchev–Trinajstić information content (AvgIpc) is 2.20. The molecule has 6 heteroatoms. The van der Waals surface area contributed by atoms with Gasteiger partial charge in [0.1, 0.15) is 5.82 Å². The van der Waals surface area contributed by atoms with E-state index in [-0.39, 0.29) is 5.69 Å². The first-order valence-electron chi connectivity index (χ1n) is 5.20. The first-order valence-corrected chi connectivity index (χ1v) is 5.99. The number of anilines is 1. The Morgan fingerprint density at radius 2 is 2.24 bits per heavy atom. The zero-order chi connectivity index (χ0) is 13.0. The van der Waals surface area contributed by atoms with Gasteiger partial charge in [-0.05, 0) is 24.1 Å². The van der Waals surface area contributed by atoms with Crippen LogP contribution in [-0.2, 0) is 0 Å². The summed E-state index contributed by atoms with van der Waals surface area (Å²) in [4.78, 5) is 11.3. The summed E-state index contributed by atoms with van der Waals surface area (Å²) in [6.45, 7) is 4.48. The molecule has 2 amide bonds. The molecule has 0 bridgehead atoms. The van der Waals surface area contributed by atoms with Gasteiger partial charge in [0.25, 0.3) is 0 Å². The molecule has 0 saturated carbocycles. The largest absolute Gasteiger partial charge is 0.350 e. The zero-order valence-electron chi connectivity index (χ0n) is 9.71. The Bertz CT molecular complexity index is 412. The van der Waals surface area contributed by atoms with Crippen LogP contribution in [0.1, 0.15) is 13.8 Å². The topological polar surface area (TPSA) is 58.4 Å². The fraction of sp³-hybridized carbons (Fsp3) is 0.364. The predicted octanol–water partition coefficient (Wildman–Crippen LogP) is 2.63. The van der Waals surface area contributed by atoms with E-state index in [0.717, 1.165) is 5.01 Å². The Hall–Kier alpha value is -1.14. The molecule has 0 aliphatic rings. The standard InChI is InChI=1S/C11H15BrFN3O/c1-7(2)6-15-16(11(14)17)10-4-3-8(12)5-9(10)13/h3-5,7,15H,6H2,1-2H3,(H2,14,17). The highest BCUT2D eigenvalue weighted by Gasteiger charge is 2.16. The number of hydrogen-bond donors (Lipinski definition) is 2. The lowest BCUT2D eigenvalue weighted by Gasteiger charge is -2.23. The van der Waals surface area contributed by atoms with Gasteiger partial charge in [0.15, 0.2) is 0 Å². The van der Waals surface area contributed by atoms with Gasteiger partial charge < -0.3 is 5.73 Å². The normalized spacial score (nSPS) is 10.6. The number of benzene rings is 1. The number of hydrazine groups is 1. The molecule has 0 aromatic heterocycles. The maximum absolute atomic E-state index is 13.7. The van der Waals surface area contributed by atoms with Gasteiger partial charge in [-0.3, -0.25) is 0 Å². The van der Waals surface area contributed by atoms with Gasteiger partial charge in [0.05, 0.1) is 5.69 Å². The molecule has 1 rings (SSSR count). The van der Waals surface area contributed by atoms with Crippen molar-refractivity contribution >= 4 is 27.6 Å². The Morgan fingerprint density at radius 1 is 1.59 bits per heavy atom. The molecule has 1 aromatic carbocycles. The van der Waals surface area contributed by atoms with E-state index in [1.807, 2.05) is 13.8 Å². The van der Waals surface area contributed by atoms with E-state index < -0.39 is 11.8 Å². The molecule has 17 heavy (non-hydrogen) atoms. The van der Waals surface area contributed by atoms with Crippen molar-refractivity contribution < 1.29 is 9.18 Å². The predicted molar refractivity (Wildman–Crippen MR) is 69.0 cm³/mol. The third kappa shape index (κ3) is 3.98. The van der Waals surface area contributed by atoms with Crippen molar-refractivity contribution in [3.05, 3.63) is 28.5 Å². The molecule has 0 saturated heterocycles. The average molecular weight is 304 g/mol. The van der Waals surface area contributed by atoms with Gasteiger partial charge in [0, 0.05) is 11.0 Å². The van der Waals surface area contributed by atoms with Crippen molar-refractivity contribution in [1.29, 1.82) is 0 Å². The molecule has 0 atom stereocenters. The number of hydrogen-bond acceptors (Lipinski definition) is 2. The summed E-state index contributed by atoms with van der Waals surface area (Å²) in [5.41, 5.74) is 8.12. The highest BCUT2D eigenvalue weighted by atomic mass is 79.9. The van der Waals surface area contributed by atoms with Crippen LogP contribution < -0.4 is 16.2 Å². The van der Waals surface area contributed by atoms with Crippen molar-refractivity contribution in [2.45, 2.75) is 13.8 Å². The first kappa shape index (κ1) is 13.9. The Labute approximate surface area is 108 Å². The van der Waals surface area contributed by atoms with Crippen LogP contribution in [0.2, 0.25) is 0 Å². The van der Waals surface area contributed by atoms with Crippen LogP contribution in [0.4, 0.5) is 14.9 Å². The third-order valence-electron chi connectivity index (χ3n) is 2.03. The minimum atomic E-state index is -0.744. The molecule has 0 radical (unpaired) electrons. The number of primary amides is 1. The number of nitrogens with one attached hydrogen (secondary N) is 1. The second kappa shape index (κ2) is 5.97. The molecule has 0 aliphatic heterocycles. The smallest absolute Gasteiger partial charge is 0.333 e. The van der Waals surface area contributed by atoms with Crippen LogP contribution in [0, 0.1) is 11.7 Å². The fourth-order valence-corrected chi connectivity index (χ4v) is 1.55. The second-order valence-electron chi connectivity index (χ2n) is 4.03. The number of nitrogens with two attached hydrogens (primary N) is 1. The van der Waals surface area contributed by atoms with Crippen molar-refractivity contribution in [2.75, 3.05) is 11.6 Å². The Kier molecular flexibility index (Phi) is 4.89. The lowest BCUT2D eigenvalue weighted by molar-refractivity contribution is 0.250. The van der Waals surface area contributed by atoms with Gasteiger partial charge in [-0.1, -0.05) is 29.8 Å². The zero-order valence-corrected chi connectivity index (χ0v) is 11.3. The van der Waals surface area contributed by atoms with Crippen LogP contribution in [0.15, 0.2) is 22.7 Å². The number of rotatable bonds is 4. The number of urea groups is 1. The highest BCUT2D eigenvalue weighted by Crippen LogP contribution is 2.22. The molecule has 1 aromatic rings. The van der Waals surface area contributed by atoms with Crippen molar-refractivity contribution in [3.8, 4) is 0 Å². The van der Waals surface area contributed by atoms with Crippen molar-refractivity contribution in [3.63, 3.8) is 0 Å². The van der Waals surface area contributed by atoms with Gasteiger partial charge >= 0.3 is 6.03 Å². The van der Waals surface area contributed by atoms with Gasteiger partial charge in [-0.15, -0.1) is 0 Å². The van der Waals surface area contributed by atoms with E-state index in [1.165, 1.54) is 12.1 Å². The van der Waals surface area contributed by atoms with Crippen LogP contribution >= 0.6 is 15.9 Å². The van der Waals surface area contributed by atoms with Gasteiger partial charge in [-0.2, -0.15) is 0 Å². The minimum absolute atomic E-state index is 0.112. The van der Waals surface area contributed by atoms with Gasteiger partial charge in [0.2, 0.25) is 0 Å². The summed E-state index contributed by atoms with van der Waals surface area (Å²) in [6, 6.07) is 3.66. The van der Waals surface area contributed by atoms with E-state index in [2.05, 4.69) is 21.4 Å². The van der Waals surface area contributed by atoms with Crippen LogP contribution in [-0.4, -0.2) is 12.6 Å². The quantitative estimate of drug-likeness (QED) is 0.840. The molecule has 0 aliphatic carbocycles. The summed E-state index contributed by atoms with van der Waals surface area (Å²) in [6.07, 6.45) is 0. The molecule has 94 valence electrons. The second-order valence-corrected chi connectivity index (χ2v) is 4.94. The van der Waals surface area contributed by atoms with Gasteiger partial charge in [-0.25, -0.2) is 19.6 Å². The van der Waals surface area contributed by atoms with Crippen LogP contribution in [0.5, 0.6) is 0 Å². The maximum atomic E-state index is 13.7. The van der Waals surface area contributed by atoms with E-state index in [0.29, 0.717) is 16.9 Å². The number of amides is 2. The summed E-state index contributed by atoms with van der Waals surface area (Å²) in [5.74, 6) is -0.204. The SMILES string of the molecule is CC(C)CNN(C(N)=O)c1ccc(Br)cc1F. The summed E-state index contributed by atoms with van der Waals surface area (Å²) >= 11 is 3.15. The molecule has 3 N–H and O–H groups in total. The number of carbonyl (C=O) groups excluding carboxylic acids is 1. The monoisotopic (exact) mass is 303 g/mol. The minimum Gasteiger partial charge on any atom is -0.350 e. The molecular weight excluding hydrogens is 289 g/mol. The first-order chi connectivity index (χ1) is 7.91. The number of nitrogens with zero attached hydrogens (tertiary/aromatic N) is 1. The molecule has 4 nitrogen and oxygen atoms in total. The number of halogens is 2. The summed E-state index contributed by atoms with van der Waals surface area (Å²) < 4.78 is 14.3. The van der Waals surface area contributed by atoms with E-state index in [9.17, 15) is 9.18 Å². The van der Waals surface area contributed by atoms with E-state index in [1.54, 1.807) is 6.07 Å². The Morgan fingerprint density at radius 3 is 2.71 bits per heavy atom.